The van der Waals surface area contributed by atoms with E-state index in [9.17, 15) is 10.1 Å². The van der Waals surface area contributed by atoms with Crippen molar-refractivity contribution in [2.75, 3.05) is 41.3 Å². The minimum Gasteiger partial charge on any atom is -0.368 e. The Morgan fingerprint density at radius 3 is 2.34 bits per heavy atom. The predicted molar refractivity (Wildman–Crippen MR) is 147 cm³/mol. The third-order valence-electron chi connectivity index (χ3n) is 6.83. The fraction of sp³-hybridized carbons (Fsp3) is 0.179. The van der Waals surface area contributed by atoms with E-state index in [2.05, 4.69) is 42.5 Å². The number of nitro benzene ring substituents is 1. The van der Waals surface area contributed by atoms with Crippen LogP contribution in [-0.2, 0) is 0 Å². The van der Waals surface area contributed by atoms with Gasteiger partial charge in [-0.25, -0.2) is 9.67 Å². The summed E-state index contributed by atoms with van der Waals surface area (Å²) >= 11 is 0. The number of hydrogen-bond acceptors (Lipinski definition) is 8. The molecule has 3 heterocycles. The molecule has 0 unspecified atom stereocenters. The van der Waals surface area contributed by atoms with E-state index in [1.54, 1.807) is 16.9 Å². The summed E-state index contributed by atoms with van der Waals surface area (Å²) in [5.74, 6) is 0.626. The smallest absolute Gasteiger partial charge is 0.292 e. The fourth-order valence-electron chi connectivity index (χ4n) is 4.92. The molecule has 0 saturated carbocycles. The highest BCUT2D eigenvalue weighted by molar-refractivity contribution is 5.74. The van der Waals surface area contributed by atoms with Crippen molar-refractivity contribution in [1.29, 1.82) is 0 Å². The van der Waals surface area contributed by atoms with Gasteiger partial charge in [-0.15, -0.1) is 5.10 Å². The molecule has 190 valence electrons. The number of fused-ring (bicyclic) bond motifs is 1. The van der Waals surface area contributed by atoms with Gasteiger partial charge in [0.1, 0.15) is 23.2 Å². The first-order valence-electron chi connectivity index (χ1n) is 12.5. The average Bonchev–Trinajstić information content (AvgIpc) is 3.41. The largest absolute Gasteiger partial charge is 0.368 e. The molecule has 0 amide bonds. The van der Waals surface area contributed by atoms with Crippen LogP contribution in [0, 0.1) is 10.1 Å². The molecule has 0 aliphatic carbocycles. The Balaban J connectivity index is 1.33. The van der Waals surface area contributed by atoms with Gasteiger partial charge in [0.2, 0.25) is 0 Å². The number of anilines is 3. The summed E-state index contributed by atoms with van der Waals surface area (Å²) < 4.78 is 1.74. The van der Waals surface area contributed by atoms with E-state index >= 15 is 0 Å². The summed E-state index contributed by atoms with van der Waals surface area (Å²) in [5.41, 5.74) is 4.08. The van der Waals surface area contributed by atoms with Crippen molar-refractivity contribution < 1.29 is 4.92 Å². The average molecular weight is 507 g/mol. The van der Waals surface area contributed by atoms with Gasteiger partial charge in [0.15, 0.2) is 0 Å². The van der Waals surface area contributed by atoms with Crippen LogP contribution in [0.4, 0.5) is 22.9 Å². The summed E-state index contributed by atoms with van der Waals surface area (Å²) in [5, 5.41) is 24.3. The van der Waals surface area contributed by atoms with Crippen LogP contribution in [0.1, 0.15) is 11.7 Å². The maximum atomic E-state index is 12.3. The Morgan fingerprint density at radius 2 is 1.58 bits per heavy atom. The number of piperazine rings is 1. The Kier molecular flexibility index (Phi) is 6.27. The van der Waals surface area contributed by atoms with E-state index in [0.29, 0.717) is 30.2 Å². The van der Waals surface area contributed by atoms with Crippen molar-refractivity contribution in [3.05, 3.63) is 113 Å². The van der Waals surface area contributed by atoms with Gasteiger partial charge >= 0.3 is 0 Å². The first-order valence-corrected chi connectivity index (χ1v) is 12.5. The molecule has 38 heavy (non-hydrogen) atoms. The quantitative estimate of drug-likeness (QED) is 0.250. The van der Waals surface area contributed by atoms with Gasteiger partial charge in [-0.1, -0.05) is 47.7 Å². The zero-order valence-electron chi connectivity index (χ0n) is 20.6. The molecule has 1 atom stereocenters. The number of hydrogen-bond donors (Lipinski definition) is 1. The van der Waals surface area contributed by atoms with Gasteiger partial charge in [-0.3, -0.25) is 10.1 Å². The summed E-state index contributed by atoms with van der Waals surface area (Å²) in [6.45, 7) is 2.96. The highest BCUT2D eigenvalue weighted by Gasteiger charge is 2.27. The number of nitrogens with one attached hydrogen (secondary N) is 1. The van der Waals surface area contributed by atoms with Crippen molar-refractivity contribution in [1.82, 2.24) is 20.0 Å². The first kappa shape index (κ1) is 23.4. The van der Waals surface area contributed by atoms with Crippen LogP contribution in [0.15, 0.2) is 97.2 Å². The van der Waals surface area contributed by atoms with Crippen LogP contribution in [0.25, 0.3) is 11.0 Å². The maximum Gasteiger partial charge on any atom is 0.292 e. The molecule has 6 rings (SSSR count). The highest BCUT2D eigenvalue weighted by Crippen LogP contribution is 2.34. The fourth-order valence-corrected chi connectivity index (χ4v) is 4.92. The molecule has 5 aromatic rings. The van der Waals surface area contributed by atoms with Gasteiger partial charge in [0.05, 0.1) is 10.4 Å². The monoisotopic (exact) mass is 506 g/mol. The molecule has 1 fully saturated rings. The lowest BCUT2D eigenvalue weighted by Gasteiger charge is -2.37. The molecule has 0 bridgehead atoms. The van der Waals surface area contributed by atoms with Crippen molar-refractivity contribution in [2.45, 2.75) is 6.17 Å². The Hall–Kier alpha value is -4.99. The molecule has 1 aliphatic heterocycles. The normalized spacial score (nSPS) is 14.4. The molecule has 10 heteroatoms. The van der Waals surface area contributed by atoms with Crippen molar-refractivity contribution >= 4 is 33.9 Å². The van der Waals surface area contributed by atoms with Gasteiger partial charge < -0.3 is 15.1 Å². The SMILES string of the molecule is O=[N+]([O-])c1cc([C@@H](Nc2ccccn2)n2nnc3ccccc32)ccc1N1CCN(c2ccccc2)CC1. The molecule has 0 radical (unpaired) electrons. The number of para-hydroxylation sites is 2. The van der Waals surface area contributed by atoms with E-state index in [1.165, 1.54) is 5.69 Å². The van der Waals surface area contributed by atoms with Crippen LogP contribution >= 0.6 is 0 Å². The van der Waals surface area contributed by atoms with Crippen molar-refractivity contribution in [3.63, 3.8) is 0 Å². The van der Waals surface area contributed by atoms with E-state index in [1.807, 2.05) is 72.8 Å². The van der Waals surface area contributed by atoms with Crippen LogP contribution < -0.4 is 15.1 Å². The second kappa shape index (κ2) is 10.2. The van der Waals surface area contributed by atoms with E-state index in [4.69, 9.17) is 0 Å². The maximum absolute atomic E-state index is 12.3. The molecular formula is C28H26N8O2. The van der Waals surface area contributed by atoms with Crippen LogP contribution in [0.5, 0.6) is 0 Å². The summed E-state index contributed by atoms with van der Waals surface area (Å²) in [7, 11) is 0. The molecule has 1 saturated heterocycles. The van der Waals surface area contributed by atoms with Gasteiger partial charge in [-0.05, 0) is 42.5 Å². The predicted octanol–water partition coefficient (Wildman–Crippen LogP) is 4.72. The van der Waals surface area contributed by atoms with Crippen LogP contribution in [0.2, 0.25) is 0 Å². The van der Waals surface area contributed by atoms with Crippen molar-refractivity contribution in [2.24, 2.45) is 0 Å². The third kappa shape index (κ3) is 4.59. The van der Waals surface area contributed by atoms with Crippen molar-refractivity contribution in [3.8, 4) is 0 Å². The molecule has 2 aromatic heterocycles. The minimum atomic E-state index is -0.556. The first-order chi connectivity index (χ1) is 18.7. The number of nitrogens with zero attached hydrogens (tertiary/aromatic N) is 7. The second-order valence-electron chi connectivity index (χ2n) is 9.10. The topological polar surface area (TPSA) is 105 Å². The second-order valence-corrected chi connectivity index (χ2v) is 9.10. The lowest BCUT2D eigenvalue weighted by atomic mass is 10.1. The Morgan fingerprint density at radius 1 is 0.842 bits per heavy atom. The molecule has 10 nitrogen and oxygen atoms in total. The van der Waals surface area contributed by atoms with E-state index in [0.717, 1.165) is 24.1 Å². The number of benzene rings is 3. The molecule has 1 aliphatic rings. The number of nitro groups is 1. The summed E-state index contributed by atoms with van der Waals surface area (Å²) in [4.78, 5) is 20.8. The van der Waals surface area contributed by atoms with Gasteiger partial charge in [0.25, 0.3) is 5.69 Å². The summed E-state index contributed by atoms with van der Waals surface area (Å²) in [6.07, 6.45) is 1.14. The van der Waals surface area contributed by atoms with E-state index < -0.39 is 6.17 Å². The van der Waals surface area contributed by atoms with Gasteiger partial charge in [0, 0.05) is 49.7 Å². The number of rotatable bonds is 7. The summed E-state index contributed by atoms with van der Waals surface area (Å²) in [6, 6.07) is 28.8. The zero-order chi connectivity index (χ0) is 25.9. The Labute approximate surface area is 219 Å². The zero-order valence-corrected chi connectivity index (χ0v) is 20.6. The van der Waals surface area contributed by atoms with Gasteiger partial charge in [-0.2, -0.15) is 0 Å². The highest BCUT2D eigenvalue weighted by atomic mass is 16.6. The molecule has 0 spiro atoms. The third-order valence-corrected chi connectivity index (χ3v) is 6.83. The lowest BCUT2D eigenvalue weighted by Crippen LogP contribution is -2.46. The van der Waals surface area contributed by atoms with Crippen LogP contribution in [-0.4, -0.2) is 51.1 Å². The molecule has 3 aromatic carbocycles. The lowest BCUT2D eigenvalue weighted by molar-refractivity contribution is -0.384. The molecular weight excluding hydrogens is 480 g/mol. The molecule has 1 N–H and O–H groups in total. The van der Waals surface area contributed by atoms with Crippen LogP contribution in [0.3, 0.4) is 0 Å². The standard InChI is InChI=1S/C28H26N8O2/c37-36(38)26-20-21(13-14-25(26)34-18-16-33(17-19-34)22-8-2-1-3-9-22)28(30-27-12-6-7-15-29-27)35-24-11-5-4-10-23(24)31-32-35/h1-15,20,28H,16-19H2,(H,29,30)/t28-/m0/s1. The minimum absolute atomic E-state index is 0.0629. The number of pyridine rings is 1. The number of aromatic nitrogens is 4. The Bertz CT molecular complexity index is 1550. The van der Waals surface area contributed by atoms with E-state index in [-0.39, 0.29) is 10.6 Å².